The zero-order valence-corrected chi connectivity index (χ0v) is 6.28. The summed E-state index contributed by atoms with van der Waals surface area (Å²) in [5, 5.41) is 0. The van der Waals surface area contributed by atoms with E-state index in [1.165, 1.54) is 12.2 Å². The minimum absolute atomic E-state index is 0. The predicted octanol–water partition coefficient (Wildman–Crippen LogP) is 5.44. The standard InChI is InChI=1S/C10H6O2.6CH4/c11-9-5-6-10(12)8-4-2-1-3-7(8)9;;;;;;/h1-6H;6*1H4. The monoisotopic (exact) mass is 254 g/mol. The van der Waals surface area contributed by atoms with E-state index in [4.69, 9.17) is 0 Å². The van der Waals surface area contributed by atoms with Crippen molar-refractivity contribution in [2.45, 2.75) is 44.6 Å². The Morgan fingerprint density at radius 2 is 0.833 bits per heavy atom. The van der Waals surface area contributed by atoms with Gasteiger partial charge in [0, 0.05) is 11.1 Å². The topological polar surface area (TPSA) is 34.1 Å². The minimum Gasteiger partial charge on any atom is -0.289 e. The second-order valence-electron chi connectivity index (χ2n) is 2.61. The van der Waals surface area contributed by atoms with Crippen molar-refractivity contribution in [3.8, 4) is 0 Å². The fraction of sp³-hybridized carbons (Fsp3) is 0.375. The van der Waals surface area contributed by atoms with Gasteiger partial charge in [0.1, 0.15) is 0 Å². The second-order valence-corrected chi connectivity index (χ2v) is 2.61. The summed E-state index contributed by atoms with van der Waals surface area (Å²) in [4.78, 5) is 22.4. The normalized spacial score (nSPS) is 9.78. The van der Waals surface area contributed by atoms with Crippen LogP contribution in [0.3, 0.4) is 0 Å². The van der Waals surface area contributed by atoms with Crippen LogP contribution in [0.4, 0.5) is 0 Å². The fourth-order valence-corrected chi connectivity index (χ4v) is 1.24. The number of allylic oxidation sites excluding steroid dienone is 2. The molecule has 0 bridgehead atoms. The van der Waals surface area contributed by atoms with Gasteiger partial charge in [0.25, 0.3) is 0 Å². The summed E-state index contributed by atoms with van der Waals surface area (Å²) in [7, 11) is 0. The van der Waals surface area contributed by atoms with Crippen molar-refractivity contribution in [3.05, 3.63) is 47.5 Å². The maximum absolute atomic E-state index is 11.2. The molecular formula is C16H30O2. The molecule has 0 saturated heterocycles. The lowest BCUT2D eigenvalue weighted by Crippen LogP contribution is -2.10. The van der Waals surface area contributed by atoms with Gasteiger partial charge >= 0.3 is 0 Å². The number of hydrogen-bond donors (Lipinski definition) is 0. The quantitative estimate of drug-likeness (QED) is 0.618. The number of benzene rings is 1. The zero-order chi connectivity index (χ0) is 8.55. The van der Waals surface area contributed by atoms with E-state index in [1.54, 1.807) is 24.3 Å². The van der Waals surface area contributed by atoms with Crippen LogP contribution in [0.25, 0.3) is 0 Å². The number of fused-ring (bicyclic) bond motifs is 1. The molecule has 1 aromatic rings. The third-order valence-corrected chi connectivity index (χ3v) is 1.84. The van der Waals surface area contributed by atoms with Crippen LogP contribution in [0.15, 0.2) is 36.4 Å². The van der Waals surface area contributed by atoms with Gasteiger partial charge in [-0.15, -0.1) is 0 Å². The van der Waals surface area contributed by atoms with Crippen molar-refractivity contribution in [1.82, 2.24) is 0 Å². The van der Waals surface area contributed by atoms with E-state index in [2.05, 4.69) is 0 Å². The van der Waals surface area contributed by atoms with E-state index in [0.29, 0.717) is 11.1 Å². The van der Waals surface area contributed by atoms with Crippen LogP contribution in [0.5, 0.6) is 0 Å². The lowest BCUT2D eigenvalue weighted by Gasteiger charge is -2.06. The first-order valence-electron chi connectivity index (χ1n) is 3.65. The van der Waals surface area contributed by atoms with E-state index in [-0.39, 0.29) is 56.1 Å². The Morgan fingerprint density at radius 3 is 1.11 bits per heavy atom. The predicted molar refractivity (Wildman–Crippen MR) is 84.6 cm³/mol. The molecule has 2 heteroatoms. The smallest absolute Gasteiger partial charge is 0.186 e. The van der Waals surface area contributed by atoms with Gasteiger partial charge in [0.15, 0.2) is 11.6 Å². The first kappa shape index (κ1) is 29.9. The lowest BCUT2D eigenvalue weighted by molar-refractivity contribution is 0.0994. The molecule has 0 atom stereocenters. The first-order chi connectivity index (χ1) is 5.79. The van der Waals surface area contributed by atoms with Gasteiger partial charge in [0.2, 0.25) is 0 Å². The minimum atomic E-state index is -0.0924. The van der Waals surface area contributed by atoms with Crippen molar-refractivity contribution < 1.29 is 9.59 Å². The van der Waals surface area contributed by atoms with Crippen LogP contribution in [0.2, 0.25) is 0 Å². The molecule has 2 nitrogen and oxygen atoms in total. The highest BCUT2D eigenvalue weighted by Gasteiger charge is 2.16. The molecule has 1 aliphatic carbocycles. The maximum Gasteiger partial charge on any atom is 0.186 e. The average molecular weight is 254 g/mol. The van der Waals surface area contributed by atoms with Gasteiger partial charge in [-0.2, -0.15) is 0 Å². The Kier molecular flexibility index (Phi) is 19.5. The largest absolute Gasteiger partial charge is 0.289 e. The van der Waals surface area contributed by atoms with Crippen LogP contribution in [-0.2, 0) is 0 Å². The molecule has 0 saturated carbocycles. The second kappa shape index (κ2) is 11.8. The van der Waals surface area contributed by atoms with E-state index < -0.39 is 0 Å². The molecule has 2 rings (SSSR count). The fourth-order valence-electron chi connectivity index (χ4n) is 1.24. The van der Waals surface area contributed by atoms with Gasteiger partial charge < -0.3 is 0 Å². The van der Waals surface area contributed by atoms with Crippen LogP contribution in [0, 0.1) is 0 Å². The molecule has 0 spiro atoms. The summed E-state index contributed by atoms with van der Waals surface area (Å²) in [6.07, 6.45) is 2.62. The molecule has 0 unspecified atom stereocenters. The van der Waals surface area contributed by atoms with Gasteiger partial charge in [-0.05, 0) is 12.2 Å². The number of carbonyl (C=O) groups is 2. The molecule has 0 aliphatic heterocycles. The Hall–Kier alpha value is -1.70. The third-order valence-electron chi connectivity index (χ3n) is 1.84. The van der Waals surface area contributed by atoms with E-state index >= 15 is 0 Å². The van der Waals surface area contributed by atoms with Crippen LogP contribution < -0.4 is 0 Å². The Labute approximate surface area is 114 Å². The summed E-state index contributed by atoms with van der Waals surface area (Å²) >= 11 is 0. The van der Waals surface area contributed by atoms with Gasteiger partial charge in [-0.25, -0.2) is 0 Å². The van der Waals surface area contributed by atoms with Crippen LogP contribution in [-0.4, -0.2) is 11.6 Å². The lowest BCUT2D eigenvalue weighted by atomic mass is 9.95. The molecule has 0 radical (unpaired) electrons. The average Bonchev–Trinajstić information content (AvgIpc) is 2.12. The highest BCUT2D eigenvalue weighted by atomic mass is 16.1. The first-order valence-corrected chi connectivity index (χ1v) is 3.65. The molecule has 0 amide bonds. The molecule has 0 aromatic heterocycles. The number of carbonyl (C=O) groups excluding carboxylic acids is 2. The molecule has 0 heterocycles. The van der Waals surface area contributed by atoms with Crippen molar-refractivity contribution in [1.29, 1.82) is 0 Å². The van der Waals surface area contributed by atoms with Crippen molar-refractivity contribution in [2.75, 3.05) is 0 Å². The summed E-state index contributed by atoms with van der Waals surface area (Å²) in [5.41, 5.74) is 1.01. The Balaban J connectivity index is -0.0000000939. The molecule has 0 fully saturated rings. The summed E-state index contributed by atoms with van der Waals surface area (Å²) < 4.78 is 0. The number of rotatable bonds is 0. The molecule has 18 heavy (non-hydrogen) atoms. The van der Waals surface area contributed by atoms with Crippen molar-refractivity contribution in [2.24, 2.45) is 0 Å². The highest BCUT2D eigenvalue weighted by molar-refractivity contribution is 6.21. The van der Waals surface area contributed by atoms with Gasteiger partial charge in [0.05, 0.1) is 0 Å². The third kappa shape index (κ3) is 5.09. The summed E-state index contributed by atoms with van der Waals surface area (Å²) in [6, 6.07) is 6.84. The molecule has 1 aromatic carbocycles. The molecular weight excluding hydrogens is 224 g/mol. The number of ketones is 2. The molecule has 0 N–H and O–H groups in total. The van der Waals surface area contributed by atoms with Crippen LogP contribution in [0.1, 0.15) is 65.3 Å². The number of hydrogen-bond acceptors (Lipinski definition) is 2. The van der Waals surface area contributed by atoms with E-state index in [0.717, 1.165) is 0 Å². The SMILES string of the molecule is C.C.C.C.C.C.O=C1C=CC(=O)c2ccccc21. The van der Waals surface area contributed by atoms with Gasteiger partial charge in [-0.3, -0.25) is 9.59 Å². The van der Waals surface area contributed by atoms with Crippen molar-refractivity contribution in [3.63, 3.8) is 0 Å². The Morgan fingerprint density at radius 1 is 0.556 bits per heavy atom. The van der Waals surface area contributed by atoms with E-state index in [9.17, 15) is 9.59 Å². The summed E-state index contributed by atoms with van der Waals surface area (Å²) in [5.74, 6) is -0.185. The van der Waals surface area contributed by atoms with E-state index in [1.807, 2.05) is 0 Å². The Bertz CT molecular complexity index is 353. The molecule has 1 aliphatic rings. The summed E-state index contributed by atoms with van der Waals surface area (Å²) in [6.45, 7) is 0. The molecule has 106 valence electrons. The van der Waals surface area contributed by atoms with Gasteiger partial charge in [-0.1, -0.05) is 68.8 Å². The zero-order valence-electron chi connectivity index (χ0n) is 6.28. The van der Waals surface area contributed by atoms with Crippen LogP contribution >= 0.6 is 0 Å². The maximum atomic E-state index is 11.2. The van der Waals surface area contributed by atoms with Crippen molar-refractivity contribution >= 4 is 11.6 Å². The highest BCUT2D eigenvalue weighted by Crippen LogP contribution is 2.15.